The molecule has 29 heavy (non-hydrogen) atoms. The van der Waals surface area contributed by atoms with Gasteiger partial charge in [-0.15, -0.1) is 0 Å². The van der Waals surface area contributed by atoms with Crippen LogP contribution in [0, 0.1) is 0 Å². The second-order valence-corrected chi connectivity index (χ2v) is 9.14. The zero-order valence-corrected chi connectivity index (χ0v) is 16.9. The Labute approximate surface area is 170 Å². The molecule has 0 saturated carbocycles. The molecule has 2 aromatic carbocycles. The third-order valence-corrected chi connectivity index (χ3v) is 7.12. The minimum absolute atomic E-state index is 0.161. The number of hydrogen-bond acceptors (Lipinski definition) is 4. The number of benzene rings is 2. The van der Waals surface area contributed by atoms with Gasteiger partial charge in [0.2, 0.25) is 10.0 Å². The van der Waals surface area contributed by atoms with E-state index in [2.05, 4.69) is 10.3 Å². The quantitative estimate of drug-likeness (QED) is 0.705. The van der Waals surface area contributed by atoms with Gasteiger partial charge in [-0.25, -0.2) is 8.42 Å². The zero-order valence-electron chi connectivity index (χ0n) is 16.0. The van der Waals surface area contributed by atoms with Crippen molar-refractivity contribution in [2.75, 3.05) is 18.4 Å². The first kappa shape index (κ1) is 19.5. The second-order valence-electron chi connectivity index (χ2n) is 7.20. The predicted octanol–water partition coefficient (Wildman–Crippen LogP) is 4.05. The summed E-state index contributed by atoms with van der Waals surface area (Å²) >= 11 is 0. The van der Waals surface area contributed by atoms with E-state index in [-0.39, 0.29) is 10.8 Å². The molecular weight excluding hydrogens is 386 g/mol. The molecule has 150 valence electrons. The zero-order chi connectivity index (χ0) is 20.3. The first-order chi connectivity index (χ1) is 14.1. The number of hydrogen-bond donors (Lipinski definition) is 1. The molecule has 4 rings (SSSR count). The summed E-state index contributed by atoms with van der Waals surface area (Å²) in [5, 5.41) is 4.69. The van der Waals surface area contributed by atoms with Crippen LogP contribution < -0.4 is 5.32 Å². The van der Waals surface area contributed by atoms with Gasteiger partial charge in [0.25, 0.3) is 5.91 Å². The lowest BCUT2D eigenvalue weighted by atomic mass is 10.1. The maximum Gasteiger partial charge on any atom is 0.255 e. The summed E-state index contributed by atoms with van der Waals surface area (Å²) in [5.74, 6) is -0.345. The fourth-order valence-corrected chi connectivity index (χ4v) is 5.22. The number of carbonyl (C=O) groups is 1. The molecular formula is C22H23N3O3S. The molecule has 1 saturated heterocycles. The highest BCUT2D eigenvalue weighted by Crippen LogP contribution is 2.24. The van der Waals surface area contributed by atoms with Gasteiger partial charge in [0.05, 0.1) is 4.90 Å². The van der Waals surface area contributed by atoms with E-state index in [9.17, 15) is 13.2 Å². The normalized spacial score (nSPS) is 15.7. The van der Waals surface area contributed by atoms with Crippen molar-refractivity contribution in [1.82, 2.24) is 9.29 Å². The smallest absolute Gasteiger partial charge is 0.255 e. The second kappa shape index (κ2) is 8.31. The van der Waals surface area contributed by atoms with Gasteiger partial charge in [-0.1, -0.05) is 31.0 Å². The SMILES string of the molecule is O=C(Nc1cccc2cnccc12)c1cccc(S(=O)(=O)N2CCCCCC2)c1. The number of sulfonamides is 1. The van der Waals surface area contributed by atoms with Crippen molar-refractivity contribution in [2.24, 2.45) is 0 Å². The van der Waals surface area contributed by atoms with E-state index in [1.807, 2.05) is 24.3 Å². The van der Waals surface area contributed by atoms with Gasteiger partial charge in [0, 0.05) is 47.5 Å². The number of aromatic nitrogens is 1. The topological polar surface area (TPSA) is 79.4 Å². The highest BCUT2D eigenvalue weighted by Gasteiger charge is 2.25. The van der Waals surface area contributed by atoms with E-state index in [1.54, 1.807) is 30.6 Å². The molecule has 0 unspecified atom stereocenters. The number of amides is 1. The van der Waals surface area contributed by atoms with Crippen molar-refractivity contribution in [3.63, 3.8) is 0 Å². The third kappa shape index (κ3) is 4.16. The summed E-state index contributed by atoms with van der Waals surface area (Å²) in [6.45, 7) is 1.06. The van der Waals surface area contributed by atoms with Crippen molar-refractivity contribution >= 4 is 32.4 Å². The van der Waals surface area contributed by atoms with Crippen LogP contribution in [0.5, 0.6) is 0 Å². The lowest BCUT2D eigenvalue weighted by molar-refractivity contribution is 0.102. The molecule has 1 fully saturated rings. The summed E-state index contributed by atoms with van der Waals surface area (Å²) in [6, 6.07) is 13.7. The minimum atomic E-state index is -3.60. The standard InChI is InChI=1S/C22H23N3O3S/c26-22(24-21-10-6-8-18-16-23-12-11-20(18)21)17-7-5-9-19(15-17)29(27,28)25-13-3-1-2-4-14-25/h5-12,15-16H,1-4,13-14H2,(H,24,26). The van der Waals surface area contributed by atoms with Crippen molar-refractivity contribution in [2.45, 2.75) is 30.6 Å². The van der Waals surface area contributed by atoms with Gasteiger partial charge >= 0.3 is 0 Å². The monoisotopic (exact) mass is 409 g/mol. The van der Waals surface area contributed by atoms with Gasteiger partial charge in [-0.2, -0.15) is 4.31 Å². The fraction of sp³-hybridized carbons (Fsp3) is 0.273. The van der Waals surface area contributed by atoms with Crippen LogP contribution in [0.25, 0.3) is 10.8 Å². The molecule has 2 heterocycles. The molecule has 0 bridgehead atoms. The van der Waals surface area contributed by atoms with Gasteiger partial charge in [0.1, 0.15) is 0 Å². The molecule has 7 heteroatoms. The molecule has 1 aromatic heterocycles. The minimum Gasteiger partial charge on any atom is -0.321 e. The molecule has 0 aliphatic carbocycles. The van der Waals surface area contributed by atoms with Crippen LogP contribution >= 0.6 is 0 Å². The van der Waals surface area contributed by atoms with E-state index in [4.69, 9.17) is 0 Å². The number of nitrogens with one attached hydrogen (secondary N) is 1. The number of pyridine rings is 1. The number of anilines is 1. The van der Waals surface area contributed by atoms with Gasteiger partial charge in [-0.05, 0) is 43.2 Å². The lowest BCUT2D eigenvalue weighted by Gasteiger charge is -2.20. The molecule has 0 spiro atoms. The molecule has 0 atom stereocenters. The van der Waals surface area contributed by atoms with E-state index in [1.165, 1.54) is 10.4 Å². The van der Waals surface area contributed by atoms with E-state index < -0.39 is 10.0 Å². The van der Waals surface area contributed by atoms with E-state index in [0.29, 0.717) is 24.3 Å². The molecule has 1 N–H and O–H groups in total. The Hall–Kier alpha value is -2.77. The van der Waals surface area contributed by atoms with Crippen LogP contribution in [0.4, 0.5) is 5.69 Å². The number of carbonyl (C=O) groups excluding carboxylic acids is 1. The Kier molecular flexibility index (Phi) is 5.60. The summed E-state index contributed by atoms with van der Waals surface area (Å²) in [7, 11) is -3.60. The van der Waals surface area contributed by atoms with Crippen molar-refractivity contribution in [3.8, 4) is 0 Å². The Morgan fingerprint density at radius 1 is 0.966 bits per heavy atom. The van der Waals surface area contributed by atoms with Crippen LogP contribution in [0.15, 0.2) is 65.8 Å². The van der Waals surface area contributed by atoms with Crippen molar-refractivity contribution < 1.29 is 13.2 Å². The van der Waals surface area contributed by atoms with Crippen LogP contribution in [-0.4, -0.2) is 36.7 Å². The van der Waals surface area contributed by atoms with Crippen LogP contribution in [0.3, 0.4) is 0 Å². The third-order valence-electron chi connectivity index (χ3n) is 5.23. The molecule has 6 nitrogen and oxygen atoms in total. The van der Waals surface area contributed by atoms with Gasteiger partial charge in [0.15, 0.2) is 0 Å². The predicted molar refractivity (Wildman–Crippen MR) is 113 cm³/mol. The van der Waals surface area contributed by atoms with Crippen LogP contribution in [0.1, 0.15) is 36.0 Å². The summed E-state index contributed by atoms with van der Waals surface area (Å²) in [6.07, 6.45) is 7.25. The largest absolute Gasteiger partial charge is 0.321 e. The van der Waals surface area contributed by atoms with Crippen LogP contribution in [-0.2, 0) is 10.0 Å². The average Bonchev–Trinajstić information content (AvgIpc) is 3.04. The summed E-state index contributed by atoms with van der Waals surface area (Å²) in [5.41, 5.74) is 0.975. The maximum atomic E-state index is 13.0. The van der Waals surface area contributed by atoms with Crippen molar-refractivity contribution in [1.29, 1.82) is 0 Å². The molecule has 1 aliphatic rings. The first-order valence-electron chi connectivity index (χ1n) is 9.80. The Bertz CT molecular complexity index is 1130. The number of fused-ring (bicyclic) bond motifs is 1. The number of rotatable bonds is 4. The molecule has 0 radical (unpaired) electrons. The highest BCUT2D eigenvalue weighted by molar-refractivity contribution is 7.89. The first-order valence-corrected chi connectivity index (χ1v) is 11.2. The Morgan fingerprint density at radius 3 is 2.52 bits per heavy atom. The maximum absolute atomic E-state index is 13.0. The fourth-order valence-electron chi connectivity index (χ4n) is 3.65. The molecule has 1 aliphatic heterocycles. The molecule has 3 aromatic rings. The summed E-state index contributed by atoms with van der Waals surface area (Å²) in [4.78, 5) is 17.1. The van der Waals surface area contributed by atoms with Gasteiger partial charge in [-0.3, -0.25) is 9.78 Å². The Morgan fingerprint density at radius 2 is 1.72 bits per heavy atom. The lowest BCUT2D eigenvalue weighted by Crippen LogP contribution is -2.32. The number of nitrogens with zero attached hydrogens (tertiary/aromatic N) is 2. The Balaban J connectivity index is 1.60. The van der Waals surface area contributed by atoms with Crippen molar-refractivity contribution in [3.05, 3.63) is 66.5 Å². The highest BCUT2D eigenvalue weighted by atomic mass is 32.2. The van der Waals surface area contributed by atoms with E-state index >= 15 is 0 Å². The van der Waals surface area contributed by atoms with Crippen LogP contribution in [0.2, 0.25) is 0 Å². The summed E-state index contributed by atoms with van der Waals surface area (Å²) < 4.78 is 27.6. The van der Waals surface area contributed by atoms with E-state index in [0.717, 1.165) is 36.5 Å². The average molecular weight is 410 g/mol. The van der Waals surface area contributed by atoms with Gasteiger partial charge < -0.3 is 5.32 Å². The molecule has 1 amide bonds.